The van der Waals surface area contributed by atoms with Gasteiger partial charge in [0.15, 0.2) is 5.65 Å². The number of carbonyl (C=O) groups is 1. The van der Waals surface area contributed by atoms with E-state index in [0.29, 0.717) is 11.2 Å². The van der Waals surface area contributed by atoms with Gasteiger partial charge in [0.2, 0.25) is 5.91 Å². The number of nitrogens with zero attached hydrogens (tertiary/aromatic N) is 3. The number of aromatic nitrogens is 3. The number of pyridine rings is 1. The fourth-order valence-corrected chi connectivity index (χ4v) is 4.08. The standard InChI is InChI=1S/C25H25N5O2/c26-23(31)19-8-6-18(7-9-19)21-10-11-27-25-22(21)28-24(29-25)20-4-2-17(3-5-20)16-30-12-1-14-32-15-13-30/h2-11H,1,12-16H2,(H2,26,31)(H,27,28,29). The van der Waals surface area contributed by atoms with Crippen LogP contribution in [0.5, 0.6) is 0 Å². The Morgan fingerprint density at radius 1 is 1.00 bits per heavy atom. The van der Waals surface area contributed by atoms with Crippen molar-refractivity contribution >= 4 is 17.1 Å². The molecule has 1 aliphatic rings. The smallest absolute Gasteiger partial charge is 0.248 e. The average Bonchev–Trinajstić information content (AvgIpc) is 3.10. The fraction of sp³-hybridized carbons (Fsp3) is 0.240. The van der Waals surface area contributed by atoms with Crippen molar-refractivity contribution in [2.24, 2.45) is 5.73 Å². The second-order valence-electron chi connectivity index (χ2n) is 8.02. The molecule has 2 aromatic carbocycles. The summed E-state index contributed by atoms with van der Waals surface area (Å²) >= 11 is 0. The van der Waals surface area contributed by atoms with Gasteiger partial charge in [-0.1, -0.05) is 36.4 Å². The molecule has 162 valence electrons. The highest BCUT2D eigenvalue weighted by molar-refractivity contribution is 5.95. The van der Waals surface area contributed by atoms with Gasteiger partial charge in [-0.3, -0.25) is 9.69 Å². The number of benzene rings is 2. The zero-order valence-electron chi connectivity index (χ0n) is 17.8. The molecule has 0 radical (unpaired) electrons. The molecule has 0 spiro atoms. The van der Waals surface area contributed by atoms with Crippen LogP contribution in [-0.4, -0.2) is 52.1 Å². The number of fused-ring (bicyclic) bond motifs is 1. The molecule has 2 aromatic heterocycles. The van der Waals surface area contributed by atoms with Crippen LogP contribution < -0.4 is 5.73 Å². The monoisotopic (exact) mass is 427 g/mol. The van der Waals surface area contributed by atoms with Gasteiger partial charge in [0, 0.05) is 49.1 Å². The fourth-order valence-electron chi connectivity index (χ4n) is 4.08. The minimum Gasteiger partial charge on any atom is -0.380 e. The lowest BCUT2D eigenvalue weighted by molar-refractivity contribution is 0.100. The third-order valence-electron chi connectivity index (χ3n) is 5.82. The number of hydrogen-bond donors (Lipinski definition) is 2. The highest BCUT2D eigenvalue weighted by atomic mass is 16.5. The molecule has 1 amide bonds. The van der Waals surface area contributed by atoms with Crippen LogP contribution in [-0.2, 0) is 11.3 Å². The van der Waals surface area contributed by atoms with Crippen molar-refractivity contribution in [3.63, 3.8) is 0 Å². The first-order valence-electron chi connectivity index (χ1n) is 10.8. The molecule has 7 nitrogen and oxygen atoms in total. The van der Waals surface area contributed by atoms with E-state index in [1.165, 1.54) is 5.56 Å². The van der Waals surface area contributed by atoms with Gasteiger partial charge in [-0.15, -0.1) is 0 Å². The molecule has 0 aliphatic carbocycles. The number of ether oxygens (including phenoxy) is 1. The van der Waals surface area contributed by atoms with Crippen LogP contribution >= 0.6 is 0 Å². The summed E-state index contributed by atoms with van der Waals surface area (Å²) in [4.78, 5) is 26.4. The number of carbonyl (C=O) groups excluding carboxylic acids is 1. The van der Waals surface area contributed by atoms with Crippen molar-refractivity contribution in [1.29, 1.82) is 0 Å². The molecule has 1 saturated heterocycles. The molecule has 1 aliphatic heterocycles. The molecule has 0 unspecified atom stereocenters. The minimum absolute atomic E-state index is 0.437. The number of primary amides is 1. The lowest BCUT2D eigenvalue weighted by Crippen LogP contribution is -2.25. The van der Waals surface area contributed by atoms with Crippen LogP contribution in [0.2, 0.25) is 0 Å². The van der Waals surface area contributed by atoms with Crippen molar-refractivity contribution in [1.82, 2.24) is 19.9 Å². The van der Waals surface area contributed by atoms with E-state index in [4.69, 9.17) is 15.5 Å². The maximum absolute atomic E-state index is 11.4. The second-order valence-corrected chi connectivity index (χ2v) is 8.02. The number of nitrogens with two attached hydrogens (primary N) is 1. The lowest BCUT2D eigenvalue weighted by Gasteiger charge is -2.19. The largest absolute Gasteiger partial charge is 0.380 e. The van der Waals surface area contributed by atoms with Crippen LogP contribution in [0.4, 0.5) is 0 Å². The van der Waals surface area contributed by atoms with Gasteiger partial charge in [-0.25, -0.2) is 9.97 Å². The van der Waals surface area contributed by atoms with E-state index in [0.717, 1.165) is 67.3 Å². The van der Waals surface area contributed by atoms with Gasteiger partial charge in [-0.2, -0.15) is 0 Å². The second kappa shape index (κ2) is 8.90. The van der Waals surface area contributed by atoms with Gasteiger partial charge in [0.1, 0.15) is 5.82 Å². The van der Waals surface area contributed by atoms with Crippen LogP contribution in [0.15, 0.2) is 60.8 Å². The summed E-state index contributed by atoms with van der Waals surface area (Å²) in [6.07, 6.45) is 2.83. The molecular weight excluding hydrogens is 402 g/mol. The van der Waals surface area contributed by atoms with E-state index in [-0.39, 0.29) is 0 Å². The number of nitrogens with one attached hydrogen (secondary N) is 1. The van der Waals surface area contributed by atoms with Gasteiger partial charge < -0.3 is 15.5 Å². The summed E-state index contributed by atoms with van der Waals surface area (Å²) in [6, 6.07) is 17.7. The Bertz CT molecular complexity index is 1220. The van der Waals surface area contributed by atoms with E-state index >= 15 is 0 Å². The number of rotatable bonds is 5. The van der Waals surface area contributed by atoms with E-state index in [1.807, 2.05) is 18.2 Å². The Hall–Kier alpha value is -3.55. The van der Waals surface area contributed by atoms with Crippen molar-refractivity contribution < 1.29 is 9.53 Å². The molecular formula is C25H25N5O2. The topological polar surface area (TPSA) is 97.1 Å². The summed E-state index contributed by atoms with van der Waals surface area (Å²) < 4.78 is 5.55. The predicted molar refractivity (Wildman–Crippen MR) is 124 cm³/mol. The minimum atomic E-state index is -0.437. The zero-order valence-corrected chi connectivity index (χ0v) is 17.8. The number of imidazole rings is 1. The van der Waals surface area contributed by atoms with Gasteiger partial charge in [0.05, 0.1) is 12.1 Å². The van der Waals surface area contributed by atoms with E-state index in [1.54, 1.807) is 18.3 Å². The highest BCUT2D eigenvalue weighted by Gasteiger charge is 2.13. The molecule has 32 heavy (non-hydrogen) atoms. The third-order valence-corrected chi connectivity index (χ3v) is 5.82. The van der Waals surface area contributed by atoms with Gasteiger partial charge in [0.25, 0.3) is 0 Å². The van der Waals surface area contributed by atoms with E-state index in [2.05, 4.69) is 39.1 Å². The molecule has 5 rings (SSSR count). The summed E-state index contributed by atoms with van der Waals surface area (Å²) in [5.74, 6) is 0.344. The Labute approximate surface area is 186 Å². The SMILES string of the molecule is NC(=O)c1ccc(-c2ccnc3nc(-c4ccc(CN5CCCOCC5)cc4)[nH]c23)cc1. The third kappa shape index (κ3) is 4.26. The quantitative estimate of drug-likeness (QED) is 0.507. The van der Waals surface area contributed by atoms with Crippen LogP contribution in [0.1, 0.15) is 22.3 Å². The van der Waals surface area contributed by atoms with Crippen molar-refractivity contribution in [3.05, 3.63) is 71.9 Å². The Morgan fingerprint density at radius 3 is 2.56 bits per heavy atom. The molecule has 0 bridgehead atoms. The van der Waals surface area contributed by atoms with E-state index < -0.39 is 5.91 Å². The molecule has 3 heterocycles. The first kappa shape index (κ1) is 20.4. The predicted octanol–water partition coefficient (Wildman–Crippen LogP) is 3.61. The Kier molecular flexibility index (Phi) is 5.66. The summed E-state index contributed by atoms with van der Waals surface area (Å²) in [6.45, 7) is 4.63. The van der Waals surface area contributed by atoms with Crippen LogP contribution in [0.25, 0.3) is 33.7 Å². The number of H-pyrrole nitrogens is 1. The van der Waals surface area contributed by atoms with Crippen molar-refractivity contribution in [2.75, 3.05) is 26.3 Å². The number of hydrogen-bond acceptors (Lipinski definition) is 5. The van der Waals surface area contributed by atoms with Crippen LogP contribution in [0, 0.1) is 0 Å². The average molecular weight is 428 g/mol. The maximum atomic E-state index is 11.4. The first-order valence-corrected chi connectivity index (χ1v) is 10.8. The number of amides is 1. The molecule has 7 heteroatoms. The first-order chi connectivity index (χ1) is 15.7. The number of aromatic amines is 1. The van der Waals surface area contributed by atoms with Gasteiger partial charge in [-0.05, 0) is 35.7 Å². The molecule has 1 fully saturated rings. The molecule has 0 atom stereocenters. The van der Waals surface area contributed by atoms with Crippen molar-refractivity contribution in [2.45, 2.75) is 13.0 Å². The molecule has 4 aromatic rings. The summed E-state index contributed by atoms with van der Waals surface area (Å²) in [7, 11) is 0. The van der Waals surface area contributed by atoms with Gasteiger partial charge >= 0.3 is 0 Å². The van der Waals surface area contributed by atoms with Crippen molar-refractivity contribution in [3.8, 4) is 22.5 Å². The summed E-state index contributed by atoms with van der Waals surface area (Å²) in [5, 5.41) is 0. The zero-order chi connectivity index (χ0) is 21.9. The summed E-state index contributed by atoms with van der Waals surface area (Å²) in [5.41, 5.74) is 11.6. The highest BCUT2D eigenvalue weighted by Crippen LogP contribution is 2.29. The molecule has 3 N–H and O–H groups in total. The van der Waals surface area contributed by atoms with Crippen LogP contribution in [0.3, 0.4) is 0 Å². The lowest BCUT2D eigenvalue weighted by atomic mass is 10.0. The normalized spacial score (nSPS) is 15.0. The molecule has 0 saturated carbocycles. The van der Waals surface area contributed by atoms with E-state index in [9.17, 15) is 4.79 Å². The maximum Gasteiger partial charge on any atom is 0.248 e. The Morgan fingerprint density at radius 2 is 1.78 bits per heavy atom. The Balaban J connectivity index is 1.40.